The number of para-hydroxylation sites is 2. The van der Waals surface area contributed by atoms with Crippen LogP contribution in [0.1, 0.15) is 25.7 Å². The van der Waals surface area contributed by atoms with Gasteiger partial charge in [-0.15, -0.1) is 0 Å². The monoisotopic (exact) mass is 330 g/mol. The van der Waals surface area contributed by atoms with Gasteiger partial charge in [-0.1, -0.05) is 12.1 Å². The molecule has 0 spiro atoms. The molecule has 3 rings (SSSR count). The van der Waals surface area contributed by atoms with Crippen LogP contribution in [-0.4, -0.2) is 39.2 Å². The summed E-state index contributed by atoms with van der Waals surface area (Å²) >= 11 is 0. The number of carbonyl (C=O) groups is 2. The number of urea groups is 1. The second kappa shape index (κ2) is 7.33. The van der Waals surface area contributed by atoms with Crippen LogP contribution in [-0.2, 0) is 11.3 Å². The van der Waals surface area contributed by atoms with E-state index in [4.69, 9.17) is 5.11 Å². The van der Waals surface area contributed by atoms with Crippen molar-refractivity contribution in [3.63, 3.8) is 0 Å². The predicted octanol–water partition coefficient (Wildman–Crippen LogP) is 1.98. The van der Waals surface area contributed by atoms with E-state index in [0.717, 1.165) is 23.9 Å². The minimum absolute atomic E-state index is 0.0645. The first-order chi connectivity index (χ1) is 11.6. The maximum absolute atomic E-state index is 12.0. The highest BCUT2D eigenvalue weighted by atomic mass is 16.4. The van der Waals surface area contributed by atoms with Crippen LogP contribution in [0.25, 0.3) is 11.0 Å². The smallest absolute Gasteiger partial charge is 0.315 e. The summed E-state index contributed by atoms with van der Waals surface area (Å²) in [5.74, 6) is -0.994. The fourth-order valence-electron chi connectivity index (χ4n) is 3.20. The van der Waals surface area contributed by atoms with Crippen LogP contribution in [0.15, 0.2) is 30.6 Å². The molecule has 24 heavy (non-hydrogen) atoms. The van der Waals surface area contributed by atoms with Gasteiger partial charge in [-0.05, 0) is 37.8 Å². The zero-order valence-electron chi connectivity index (χ0n) is 13.4. The van der Waals surface area contributed by atoms with E-state index in [0.29, 0.717) is 25.9 Å². The van der Waals surface area contributed by atoms with Gasteiger partial charge < -0.3 is 20.3 Å². The number of rotatable bonds is 5. The van der Waals surface area contributed by atoms with E-state index in [9.17, 15) is 9.59 Å². The van der Waals surface area contributed by atoms with E-state index >= 15 is 0 Å². The molecule has 0 unspecified atom stereocenters. The Bertz CT molecular complexity index is 719. The third kappa shape index (κ3) is 3.84. The molecule has 0 saturated heterocycles. The van der Waals surface area contributed by atoms with E-state index in [2.05, 4.69) is 15.6 Å². The van der Waals surface area contributed by atoms with Crippen LogP contribution in [0, 0.1) is 5.92 Å². The lowest BCUT2D eigenvalue weighted by Crippen LogP contribution is -2.44. The average molecular weight is 330 g/mol. The van der Waals surface area contributed by atoms with E-state index in [1.807, 2.05) is 28.8 Å². The molecule has 1 aromatic heterocycles. The van der Waals surface area contributed by atoms with E-state index in [-0.39, 0.29) is 18.0 Å². The molecule has 1 aromatic carbocycles. The van der Waals surface area contributed by atoms with Crippen LogP contribution in [0.4, 0.5) is 4.79 Å². The summed E-state index contributed by atoms with van der Waals surface area (Å²) in [6.45, 7) is 1.16. The standard InChI is InChI=1S/C17H22N4O3/c22-16(23)12-5-7-13(8-6-12)20-17(24)18-9-10-21-11-19-14-3-1-2-4-15(14)21/h1-4,11-13H,5-10H2,(H,22,23)(H2,18,20,24). The van der Waals surface area contributed by atoms with Gasteiger partial charge in [-0.3, -0.25) is 4.79 Å². The molecule has 2 aromatic rings. The molecular weight excluding hydrogens is 308 g/mol. The maximum atomic E-state index is 12.0. The fraction of sp³-hybridized carbons (Fsp3) is 0.471. The van der Waals surface area contributed by atoms with Gasteiger partial charge in [0.25, 0.3) is 0 Å². The van der Waals surface area contributed by atoms with Crippen LogP contribution >= 0.6 is 0 Å². The lowest BCUT2D eigenvalue weighted by Gasteiger charge is -2.26. The predicted molar refractivity (Wildman–Crippen MR) is 89.6 cm³/mol. The Balaban J connectivity index is 1.41. The van der Waals surface area contributed by atoms with Crippen molar-refractivity contribution in [3.05, 3.63) is 30.6 Å². The number of aromatic nitrogens is 2. The first-order valence-electron chi connectivity index (χ1n) is 8.30. The summed E-state index contributed by atoms with van der Waals surface area (Å²) in [5, 5.41) is 14.8. The summed E-state index contributed by atoms with van der Waals surface area (Å²) in [5.41, 5.74) is 1.99. The second-order valence-corrected chi connectivity index (χ2v) is 6.21. The maximum Gasteiger partial charge on any atom is 0.315 e. The third-order valence-corrected chi connectivity index (χ3v) is 4.58. The number of nitrogens with zero attached hydrogens (tertiary/aromatic N) is 2. The summed E-state index contributed by atoms with van der Waals surface area (Å²) in [6, 6.07) is 7.74. The van der Waals surface area contributed by atoms with Crippen molar-refractivity contribution < 1.29 is 14.7 Å². The number of aliphatic carboxylic acids is 1. The number of hydrogen-bond acceptors (Lipinski definition) is 3. The molecule has 1 heterocycles. The van der Waals surface area contributed by atoms with E-state index in [1.165, 1.54) is 0 Å². The molecule has 0 radical (unpaired) electrons. The van der Waals surface area contributed by atoms with Crippen molar-refractivity contribution in [1.82, 2.24) is 20.2 Å². The Morgan fingerprint density at radius 2 is 1.96 bits per heavy atom. The number of benzene rings is 1. The molecule has 0 atom stereocenters. The Morgan fingerprint density at radius 1 is 1.21 bits per heavy atom. The van der Waals surface area contributed by atoms with Gasteiger partial charge in [0.05, 0.1) is 23.3 Å². The molecule has 0 aliphatic heterocycles. The quantitative estimate of drug-likeness (QED) is 0.781. The number of fused-ring (bicyclic) bond motifs is 1. The Kier molecular flexibility index (Phi) is 4.98. The van der Waals surface area contributed by atoms with Crippen LogP contribution in [0.2, 0.25) is 0 Å². The molecule has 1 aliphatic rings. The molecule has 7 nitrogen and oxygen atoms in total. The molecule has 128 valence electrons. The molecule has 2 amide bonds. The molecule has 1 fully saturated rings. The number of nitrogens with one attached hydrogen (secondary N) is 2. The zero-order valence-corrected chi connectivity index (χ0v) is 13.4. The molecule has 1 saturated carbocycles. The van der Waals surface area contributed by atoms with Gasteiger partial charge in [-0.25, -0.2) is 9.78 Å². The van der Waals surface area contributed by atoms with Gasteiger partial charge in [0, 0.05) is 19.1 Å². The summed E-state index contributed by atoms with van der Waals surface area (Å²) < 4.78 is 2.01. The lowest BCUT2D eigenvalue weighted by atomic mass is 9.86. The first kappa shape index (κ1) is 16.3. The van der Waals surface area contributed by atoms with E-state index < -0.39 is 5.97 Å². The first-order valence-corrected chi connectivity index (χ1v) is 8.30. The van der Waals surface area contributed by atoms with Crippen molar-refractivity contribution in [2.45, 2.75) is 38.3 Å². The minimum atomic E-state index is -0.731. The van der Waals surface area contributed by atoms with Gasteiger partial charge >= 0.3 is 12.0 Å². The third-order valence-electron chi connectivity index (χ3n) is 4.58. The number of amides is 2. The molecule has 1 aliphatic carbocycles. The van der Waals surface area contributed by atoms with Crippen LogP contribution in [0.3, 0.4) is 0 Å². The number of carboxylic acids is 1. The highest BCUT2D eigenvalue weighted by Crippen LogP contribution is 2.24. The molecule has 3 N–H and O–H groups in total. The fourth-order valence-corrected chi connectivity index (χ4v) is 3.20. The van der Waals surface area contributed by atoms with Crippen LogP contribution in [0.5, 0.6) is 0 Å². The van der Waals surface area contributed by atoms with Crippen molar-refractivity contribution in [2.75, 3.05) is 6.54 Å². The van der Waals surface area contributed by atoms with Gasteiger partial charge in [-0.2, -0.15) is 0 Å². The molecular formula is C17H22N4O3. The van der Waals surface area contributed by atoms with Crippen molar-refractivity contribution in [1.29, 1.82) is 0 Å². The van der Waals surface area contributed by atoms with Gasteiger partial charge in [0.15, 0.2) is 0 Å². The summed E-state index contributed by atoms with van der Waals surface area (Å²) in [4.78, 5) is 27.2. The highest BCUT2D eigenvalue weighted by molar-refractivity contribution is 5.75. The Morgan fingerprint density at radius 3 is 2.71 bits per heavy atom. The largest absolute Gasteiger partial charge is 0.481 e. The molecule has 0 bridgehead atoms. The van der Waals surface area contributed by atoms with Crippen molar-refractivity contribution in [2.24, 2.45) is 5.92 Å². The lowest BCUT2D eigenvalue weighted by molar-refractivity contribution is -0.142. The normalized spacial score (nSPS) is 20.7. The van der Waals surface area contributed by atoms with Crippen molar-refractivity contribution in [3.8, 4) is 0 Å². The highest BCUT2D eigenvalue weighted by Gasteiger charge is 2.26. The Hall–Kier alpha value is -2.57. The number of imidazole rings is 1. The van der Waals surface area contributed by atoms with Gasteiger partial charge in [0.2, 0.25) is 0 Å². The minimum Gasteiger partial charge on any atom is -0.481 e. The SMILES string of the molecule is O=C(NCCn1cnc2ccccc21)NC1CCC(C(=O)O)CC1. The topological polar surface area (TPSA) is 96.3 Å². The zero-order chi connectivity index (χ0) is 16.9. The number of carbonyl (C=O) groups excluding carboxylic acids is 1. The second-order valence-electron chi connectivity index (χ2n) is 6.21. The Labute approximate surface area is 140 Å². The van der Waals surface area contributed by atoms with Gasteiger partial charge in [0.1, 0.15) is 0 Å². The number of carboxylic acid groups (broad SMARTS) is 1. The average Bonchev–Trinajstić information content (AvgIpc) is 2.99. The summed E-state index contributed by atoms with van der Waals surface area (Å²) in [6.07, 6.45) is 4.47. The molecule has 7 heteroatoms. The van der Waals surface area contributed by atoms with E-state index in [1.54, 1.807) is 6.33 Å². The number of hydrogen-bond donors (Lipinski definition) is 3. The van der Waals surface area contributed by atoms with Crippen molar-refractivity contribution >= 4 is 23.0 Å². The van der Waals surface area contributed by atoms with Crippen LogP contribution < -0.4 is 10.6 Å². The summed E-state index contributed by atoms with van der Waals surface area (Å²) in [7, 11) is 0.